The number of aromatic carboxylic acids is 1. The number of nitrogens with zero attached hydrogens (tertiary/aromatic N) is 1. The quantitative estimate of drug-likeness (QED) is 0.724. The summed E-state index contributed by atoms with van der Waals surface area (Å²) in [6, 6.07) is 4.97. The van der Waals surface area contributed by atoms with E-state index in [0.29, 0.717) is 37.7 Å². The van der Waals surface area contributed by atoms with Crippen LogP contribution in [0, 0.1) is 0 Å². The van der Waals surface area contributed by atoms with E-state index < -0.39 is 5.97 Å². The molecule has 1 aromatic rings. The van der Waals surface area contributed by atoms with E-state index in [9.17, 15) is 4.79 Å². The molecule has 1 aliphatic heterocycles. The van der Waals surface area contributed by atoms with Crippen LogP contribution in [-0.4, -0.2) is 37.4 Å². The molecular formula is C11H14N2O3. The minimum Gasteiger partial charge on any atom is -0.478 e. The number of ether oxygens (including phenoxy) is 1. The van der Waals surface area contributed by atoms with E-state index in [0.717, 1.165) is 0 Å². The maximum atomic E-state index is 11.1. The molecule has 0 radical (unpaired) electrons. The number of nitrogen functional groups attached to an aromatic ring is 1. The van der Waals surface area contributed by atoms with Gasteiger partial charge in [0.25, 0.3) is 0 Å². The van der Waals surface area contributed by atoms with E-state index in [2.05, 4.69) is 0 Å². The van der Waals surface area contributed by atoms with Crippen LogP contribution in [0.4, 0.5) is 11.4 Å². The Labute approximate surface area is 93.4 Å². The highest BCUT2D eigenvalue weighted by atomic mass is 16.5. The molecule has 0 atom stereocenters. The van der Waals surface area contributed by atoms with E-state index in [1.807, 2.05) is 4.90 Å². The van der Waals surface area contributed by atoms with Crippen LogP contribution in [0.25, 0.3) is 0 Å². The SMILES string of the molecule is Nc1ccc(N2CCOCC2)c(C(=O)O)c1. The molecule has 5 heteroatoms. The van der Waals surface area contributed by atoms with Crippen molar-refractivity contribution in [3.8, 4) is 0 Å². The van der Waals surface area contributed by atoms with Gasteiger partial charge in [-0.2, -0.15) is 0 Å². The average Bonchev–Trinajstić information content (AvgIpc) is 2.30. The predicted molar refractivity (Wildman–Crippen MR) is 60.8 cm³/mol. The third-order valence-electron chi connectivity index (χ3n) is 2.60. The monoisotopic (exact) mass is 222 g/mol. The molecule has 3 N–H and O–H groups in total. The molecule has 0 saturated carbocycles. The van der Waals surface area contributed by atoms with Crippen LogP contribution in [0.5, 0.6) is 0 Å². The third-order valence-corrected chi connectivity index (χ3v) is 2.60. The second kappa shape index (κ2) is 4.40. The Hall–Kier alpha value is -1.75. The van der Waals surface area contributed by atoms with Gasteiger partial charge in [-0.1, -0.05) is 0 Å². The van der Waals surface area contributed by atoms with Crippen LogP contribution in [0.3, 0.4) is 0 Å². The highest BCUT2D eigenvalue weighted by Crippen LogP contribution is 2.24. The summed E-state index contributed by atoms with van der Waals surface area (Å²) in [5.74, 6) is -0.950. The summed E-state index contributed by atoms with van der Waals surface area (Å²) in [6.45, 7) is 2.68. The maximum absolute atomic E-state index is 11.1. The average molecular weight is 222 g/mol. The summed E-state index contributed by atoms with van der Waals surface area (Å²) in [5.41, 5.74) is 7.02. The highest BCUT2D eigenvalue weighted by molar-refractivity contribution is 5.95. The minimum absolute atomic E-state index is 0.252. The van der Waals surface area contributed by atoms with Crippen LogP contribution in [0.15, 0.2) is 18.2 Å². The zero-order valence-corrected chi connectivity index (χ0v) is 8.85. The summed E-state index contributed by atoms with van der Waals surface area (Å²) < 4.78 is 5.23. The second-order valence-corrected chi connectivity index (χ2v) is 3.68. The first-order valence-corrected chi connectivity index (χ1v) is 5.14. The molecule has 0 spiro atoms. The van der Waals surface area contributed by atoms with Gasteiger partial charge in [-0.05, 0) is 18.2 Å². The van der Waals surface area contributed by atoms with Crippen molar-refractivity contribution in [3.63, 3.8) is 0 Å². The van der Waals surface area contributed by atoms with Crippen LogP contribution in [-0.2, 0) is 4.74 Å². The highest BCUT2D eigenvalue weighted by Gasteiger charge is 2.18. The van der Waals surface area contributed by atoms with Crippen molar-refractivity contribution < 1.29 is 14.6 Å². The molecule has 0 aliphatic carbocycles. The molecule has 1 aromatic carbocycles. The van der Waals surface area contributed by atoms with Crippen LogP contribution < -0.4 is 10.6 Å². The minimum atomic E-state index is -0.950. The summed E-state index contributed by atoms with van der Waals surface area (Å²) in [5, 5.41) is 9.11. The van der Waals surface area contributed by atoms with Gasteiger partial charge < -0.3 is 20.5 Å². The fraction of sp³-hybridized carbons (Fsp3) is 0.364. The number of carboxylic acid groups (broad SMARTS) is 1. The Balaban J connectivity index is 2.34. The van der Waals surface area contributed by atoms with E-state index in [4.69, 9.17) is 15.6 Å². The lowest BCUT2D eigenvalue weighted by Gasteiger charge is -2.29. The molecule has 2 rings (SSSR count). The van der Waals surface area contributed by atoms with Gasteiger partial charge in [-0.15, -0.1) is 0 Å². The Morgan fingerprint density at radius 2 is 2.06 bits per heavy atom. The van der Waals surface area contributed by atoms with Gasteiger partial charge in [0.15, 0.2) is 0 Å². The normalized spacial score (nSPS) is 16.1. The number of hydrogen-bond donors (Lipinski definition) is 2. The summed E-state index contributed by atoms with van der Waals surface area (Å²) >= 11 is 0. The van der Waals surface area contributed by atoms with Crippen molar-refractivity contribution in [1.82, 2.24) is 0 Å². The zero-order valence-electron chi connectivity index (χ0n) is 8.85. The van der Waals surface area contributed by atoms with E-state index in [1.165, 1.54) is 6.07 Å². The number of carbonyl (C=O) groups is 1. The number of morpholine rings is 1. The fourth-order valence-electron chi connectivity index (χ4n) is 1.80. The van der Waals surface area contributed by atoms with E-state index >= 15 is 0 Å². The molecule has 0 unspecified atom stereocenters. The Kier molecular flexibility index (Phi) is 2.96. The van der Waals surface area contributed by atoms with E-state index in [-0.39, 0.29) is 5.56 Å². The van der Waals surface area contributed by atoms with Crippen molar-refractivity contribution >= 4 is 17.3 Å². The van der Waals surface area contributed by atoms with Gasteiger partial charge in [-0.3, -0.25) is 0 Å². The number of rotatable bonds is 2. The molecule has 1 fully saturated rings. The molecule has 1 saturated heterocycles. The topological polar surface area (TPSA) is 75.8 Å². The standard InChI is InChI=1S/C11H14N2O3/c12-8-1-2-10(9(7-8)11(14)15)13-3-5-16-6-4-13/h1-2,7H,3-6,12H2,(H,14,15). The van der Waals surface area contributed by atoms with Crippen LogP contribution in [0.2, 0.25) is 0 Å². The molecule has 0 amide bonds. The number of benzene rings is 1. The zero-order chi connectivity index (χ0) is 11.5. The first-order valence-electron chi connectivity index (χ1n) is 5.14. The van der Waals surface area contributed by atoms with E-state index in [1.54, 1.807) is 12.1 Å². The van der Waals surface area contributed by atoms with Crippen molar-refractivity contribution in [2.75, 3.05) is 36.9 Å². The Bertz CT molecular complexity index is 400. The molecular weight excluding hydrogens is 208 g/mol. The number of carboxylic acids is 1. The Morgan fingerprint density at radius 1 is 1.38 bits per heavy atom. The Morgan fingerprint density at radius 3 is 2.69 bits per heavy atom. The van der Waals surface area contributed by atoms with Crippen LogP contribution >= 0.6 is 0 Å². The predicted octanol–water partition coefficient (Wildman–Crippen LogP) is 0.804. The van der Waals surface area contributed by atoms with Gasteiger partial charge in [0.1, 0.15) is 0 Å². The summed E-state index contributed by atoms with van der Waals surface area (Å²) in [7, 11) is 0. The second-order valence-electron chi connectivity index (χ2n) is 3.68. The van der Waals surface area contributed by atoms with Gasteiger partial charge in [0, 0.05) is 18.8 Å². The van der Waals surface area contributed by atoms with Crippen molar-refractivity contribution in [2.45, 2.75) is 0 Å². The van der Waals surface area contributed by atoms with Gasteiger partial charge in [0.05, 0.1) is 24.5 Å². The van der Waals surface area contributed by atoms with Crippen molar-refractivity contribution in [1.29, 1.82) is 0 Å². The number of nitrogens with two attached hydrogens (primary N) is 1. The number of anilines is 2. The maximum Gasteiger partial charge on any atom is 0.337 e. The van der Waals surface area contributed by atoms with Gasteiger partial charge >= 0.3 is 5.97 Å². The summed E-state index contributed by atoms with van der Waals surface area (Å²) in [4.78, 5) is 13.1. The first-order chi connectivity index (χ1) is 7.68. The summed E-state index contributed by atoms with van der Waals surface area (Å²) in [6.07, 6.45) is 0. The van der Waals surface area contributed by atoms with Crippen molar-refractivity contribution in [2.24, 2.45) is 0 Å². The lowest BCUT2D eigenvalue weighted by molar-refractivity contribution is 0.0696. The molecule has 1 heterocycles. The van der Waals surface area contributed by atoms with Crippen molar-refractivity contribution in [3.05, 3.63) is 23.8 Å². The lowest BCUT2D eigenvalue weighted by Crippen LogP contribution is -2.37. The first kappa shape index (κ1) is 10.8. The third kappa shape index (κ3) is 2.09. The lowest BCUT2D eigenvalue weighted by atomic mass is 10.1. The molecule has 5 nitrogen and oxygen atoms in total. The molecule has 0 bridgehead atoms. The molecule has 86 valence electrons. The van der Waals surface area contributed by atoms with Crippen LogP contribution in [0.1, 0.15) is 10.4 Å². The fourth-order valence-corrected chi connectivity index (χ4v) is 1.80. The smallest absolute Gasteiger partial charge is 0.337 e. The van der Waals surface area contributed by atoms with Gasteiger partial charge in [0.2, 0.25) is 0 Å². The molecule has 16 heavy (non-hydrogen) atoms. The largest absolute Gasteiger partial charge is 0.478 e. The molecule has 0 aromatic heterocycles. The molecule has 1 aliphatic rings. The number of hydrogen-bond acceptors (Lipinski definition) is 4. The van der Waals surface area contributed by atoms with Gasteiger partial charge in [-0.25, -0.2) is 4.79 Å².